The van der Waals surface area contributed by atoms with Crippen molar-refractivity contribution in [2.24, 2.45) is 0 Å². The van der Waals surface area contributed by atoms with E-state index < -0.39 is 6.10 Å². The van der Waals surface area contributed by atoms with Crippen molar-refractivity contribution in [1.82, 2.24) is 9.88 Å². The van der Waals surface area contributed by atoms with Crippen LogP contribution in [-0.4, -0.2) is 40.1 Å². The highest BCUT2D eigenvalue weighted by atomic mass is 32.1. The monoisotopic (exact) mass is 224 g/mol. The molecule has 0 aromatic carbocycles. The third-order valence-corrected chi connectivity index (χ3v) is 2.84. The van der Waals surface area contributed by atoms with E-state index in [4.69, 9.17) is 12.2 Å². The lowest BCUT2D eigenvalue weighted by molar-refractivity contribution is 0.0764. The van der Waals surface area contributed by atoms with Gasteiger partial charge < -0.3 is 15.0 Å². The zero-order valence-corrected chi connectivity index (χ0v) is 8.96. The SMILES string of the molecule is O=C(c1ccc[nH]c1=S)N1CC[C@@H](O)C1. The molecule has 5 heteroatoms. The number of hydrogen-bond acceptors (Lipinski definition) is 3. The second-order valence-corrected chi connectivity index (χ2v) is 4.01. The van der Waals surface area contributed by atoms with Gasteiger partial charge in [-0.2, -0.15) is 0 Å². The van der Waals surface area contributed by atoms with Gasteiger partial charge in [0, 0.05) is 19.3 Å². The summed E-state index contributed by atoms with van der Waals surface area (Å²) in [7, 11) is 0. The number of aliphatic hydroxyl groups is 1. The number of aromatic nitrogens is 1. The standard InChI is InChI=1S/C10H12N2O2S/c13-7-3-5-12(6-7)10(14)8-2-1-4-11-9(8)15/h1-2,4,7,13H,3,5-6H2,(H,11,15)/t7-/m1/s1. The maximum atomic E-state index is 11.9. The average molecular weight is 224 g/mol. The van der Waals surface area contributed by atoms with E-state index in [1.54, 1.807) is 23.2 Å². The molecule has 1 fully saturated rings. The summed E-state index contributed by atoms with van der Waals surface area (Å²) in [6, 6.07) is 3.45. The van der Waals surface area contributed by atoms with Gasteiger partial charge in [-0.15, -0.1) is 0 Å². The van der Waals surface area contributed by atoms with Crippen LogP contribution in [0.2, 0.25) is 0 Å². The number of nitrogens with one attached hydrogen (secondary N) is 1. The first-order chi connectivity index (χ1) is 7.18. The molecule has 2 N–H and O–H groups in total. The van der Waals surface area contributed by atoms with E-state index in [9.17, 15) is 9.90 Å². The maximum Gasteiger partial charge on any atom is 0.256 e. The number of rotatable bonds is 1. The first-order valence-corrected chi connectivity index (χ1v) is 5.24. The number of aromatic amines is 1. The van der Waals surface area contributed by atoms with E-state index in [-0.39, 0.29) is 5.91 Å². The van der Waals surface area contributed by atoms with E-state index in [2.05, 4.69) is 4.98 Å². The molecule has 15 heavy (non-hydrogen) atoms. The number of hydrogen-bond donors (Lipinski definition) is 2. The number of carbonyl (C=O) groups excluding carboxylic acids is 1. The van der Waals surface area contributed by atoms with Gasteiger partial charge in [-0.3, -0.25) is 4.79 Å². The minimum absolute atomic E-state index is 0.103. The van der Waals surface area contributed by atoms with Gasteiger partial charge in [-0.25, -0.2) is 0 Å². The van der Waals surface area contributed by atoms with Crippen LogP contribution in [0, 0.1) is 4.64 Å². The number of pyridine rings is 1. The fraction of sp³-hybridized carbons (Fsp3) is 0.400. The highest BCUT2D eigenvalue weighted by Crippen LogP contribution is 2.13. The molecule has 0 bridgehead atoms. The van der Waals surface area contributed by atoms with Crippen LogP contribution in [0.25, 0.3) is 0 Å². The van der Waals surface area contributed by atoms with Crippen molar-refractivity contribution in [2.75, 3.05) is 13.1 Å². The van der Waals surface area contributed by atoms with Crippen LogP contribution >= 0.6 is 12.2 Å². The van der Waals surface area contributed by atoms with E-state index in [0.29, 0.717) is 29.7 Å². The van der Waals surface area contributed by atoms with Crippen LogP contribution in [0.3, 0.4) is 0 Å². The quantitative estimate of drug-likeness (QED) is 0.698. The number of aliphatic hydroxyl groups excluding tert-OH is 1. The molecule has 0 unspecified atom stereocenters. The third kappa shape index (κ3) is 2.08. The maximum absolute atomic E-state index is 11.9. The Hall–Kier alpha value is -1.20. The zero-order chi connectivity index (χ0) is 10.8. The van der Waals surface area contributed by atoms with Crippen molar-refractivity contribution in [3.8, 4) is 0 Å². The Morgan fingerprint density at radius 2 is 2.47 bits per heavy atom. The molecule has 0 radical (unpaired) electrons. The fourth-order valence-electron chi connectivity index (χ4n) is 1.69. The smallest absolute Gasteiger partial charge is 0.256 e. The lowest BCUT2D eigenvalue weighted by Crippen LogP contribution is -2.29. The lowest BCUT2D eigenvalue weighted by atomic mass is 10.2. The molecule has 0 spiro atoms. The molecule has 1 aromatic heterocycles. The van der Waals surface area contributed by atoms with Crippen LogP contribution in [0.15, 0.2) is 18.3 Å². The minimum Gasteiger partial charge on any atom is -0.391 e. The predicted octanol–water partition coefficient (Wildman–Crippen LogP) is 0.951. The highest BCUT2D eigenvalue weighted by Gasteiger charge is 2.25. The van der Waals surface area contributed by atoms with E-state index in [1.807, 2.05) is 0 Å². The van der Waals surface area contributed by atoms with Crippen LogP contribution in [0.4, 0.5) is 0 Å². The molecule has 1 saturated heterocycles. The summed E-state index contributed by atoms with van der Waals surface area (Å²) in [6.07, 6.45) is 1.95. The first kappa shape index (κ1) is 10.3. The number of likely N-dealkylation sites (tertiary alicyclic amines) is 1. The van der Waals surface area contributed by atoms with E-state index >= 15 is 0 Å². The Balaban J connectivity index is 2.22. The minimum atomic E-state index is -0.393. The van der Waals surface area contributed by atoms with E-state index in [0.717, 1.165) is 0 Å². The van der Waals surface area contributed by atoms with Gasteiger partial charge in [0.15, 0.2) is 0 Å². The topological polar surface area (TPSA) is 56.3 Å². The molecule has 2 rings (SSSR count). The summed E-state index contributed by atoms with van der Waals surface area (Å²) in [5.74, 6) is -0.103. The Labute approximate surface area is 92.5 Å². The Morgan fingerprint density at radius 1 is 1.67 bits per heavy atom. The van der Waals surface area contributed by atoms with Gasteiger partial charge in [-0.05, 0) is 18.6 Å². The van der Waals surface area contributed by atoms with Crippen molar-refractivity contribution < 1.29 is 9.90 Å². The van der Waals surface area contributed by atoms with Crippen LogP contribution < -0.4 is 0 Å². The predicted molar refractivity (Wildman–Crippen MR) is 58.2 cm³/mol. The average Bonchev–Trinajstić information content (AvgIpc) is 2.65. The summed E-state index contributed by atoms with van der Waals surface area (Å²) >= 11 is 5.03. The highest BCUT2D eigenvalue weighted by molar-refractivity contribution is 7.71. The second-order valence-electron chi connectivity index (χ2n) is 3.61. The Bertz CT molecular complexity index is 429. The number of H-pyrrole nitrogens is 1. The van der Waals surface area contributed by atoms with Crippen molar-refractivity contribution in [3.05, 3.63) is 28.5 Å². The van der Waals surface area contributed by atoms with E-state index in [1.165, 1.54) is 0 Å². The molecule has 4 nitrogen and oxygen atoms in total. The van der Waals surface area contributed by atoms with Crippen molar-refractivity contribution in [3.63, 3.8) is 0 Å². The zero-order valence-electron chi connectivity index (χ0n) is 8.14. The molecular formula is C10H12N2O2S. The summed E-state index contributed by atoms with van der Waals surface area (Å²) in [5, 5.41) is 9.34. The molecule has 1 aromatic rings. The molecule has 0 aliphatic carbocycles. The largest absolute Gasteiger partial charge is 0.391 e. The fourth-order valence-corrected chi connectivity index (χ4v) is 1.91. The van der Waals surface area contributed by atoms with Crippen LogP contribution in [0.1, 0.15) is 16.8 Å². The van der Waals surface area contributed by atoms with Gasteiger partial charge in [0.2, 0.25) is 0 Å². The number of nitrogens with zero attached hydrogens (tertiary/aromatic N) is 1. The second kappa shape index (κ2) is 4.12. The molecule has 2 heterocycles. The third-order valence-electron chi connectivity index (χ3n) is 2.50. The molecule has 1 amide bonds. The molecule has 1 aliphatic rings. The molecule has 80 valence electrons. The summed E-state index contributed by atoms with van der Waals surface area (Å²) in [5.41, 5.74) is 0.501. The Morgan fingerprint density at radius 3 is 3.07 bits per heavy atom. The van der Waals surface area contributed by atoms with Crippen molar-refractivity contribution in [2.45, 2.75) is 12.5 Å². The Kier molecular flexibility index (Phi) is 2.83. The van der Waals surface area contributed by atoms with Crippen molar-refractivity contribution in [1.29, 1.82) is 0 Å². The van der Waals surface area contributed by atoms with Gasteiger partial charge in [0.05, 0.1) is 11.7 Å². The van der Waals surface area contributed by atoms with Crippen LogP contribution in [0.5, 0.6) is 0 Å². The number of carbonyl (C=O) groups is 1. The summed E-state index contributed by atoms with van der Waals surface area (Å²) in [4.78, 5) is 16.4. The number of amides is 1. The first-order valence-electron chi connectivity index (χ1n) is 4.83. The molecular weight excluding hydrogens is 212 g/mol. The normalized spacial score (nSPS) is 20.6. The molecule has 1 atom stereocenters. The molecule has 0 saturated carbocycles. The van der Waals surface area contributed by atoms with Gasteiger partial charge in [0.1, 0.15) is 4.64 Å². The van der Waals surface area contributed by atoms with Crippen molar-refractivity contribution >= 4 is 18.1 Å². The van der Waals surface area contributed by atoms with Gasteiger partial charge >= 0.3 is 0 Å². The number of β-amino-alcohol motifs (C(OH)–C–C–N with tert-alkyl or cyclic N) is 1. The summed E-state index contributed by atoms with van der Waals surface area (Å²) < 4.78 is 0.448. The van der Waals surface area contributed by atoms with Crippen LogP contribution in [-0.2, 0) is 0 Å². The van der Waals surface area contributed by atoms with Gasteiger partial charge in [0.25, 0.3) is 5.91 Å². The summed E-state index contributed by atoms with van der Waals surface area (Å²) in [6.45, 7) is 1.01. The molecule has 1 aliphatic heterocycles. The van der Waals surface area contributed by atoms with Gasteiger partial charge in [-0.1, -0.05) is 12.2 Å². The lowest BCUT2D eigenvalue weighted by Gasteiger charge is -2.15.